The molecule has 1 aromatic heterocycles. The molecule has 0 saturated heterocycles. The van der Waals surface area contributed by atoms with E-state index in [9.17, 15) is 14.0 Å². The number of carbonyl (C=O) groups is 2. The Kier molecular flexibility index (Phi) is 6.66. The fourth-order valence-corrected chi connectivity index (χ4v) is 4.01. The average molecular weight is 405 g/mol. The molecule has 1 fully saturated rings. The van der Waals surface area contributed by atoms with E-state index < -0.39 is 17.8 Å². The van der Waals surface area contributed by atoms with Crippen molar-refractivity contribution in [3.63, 3.8) is 0 Å². The molecule has 9 heteroatoms. The van der Waals surface area contributed by atoms with Crippen LogP contribution in [0.5, 0.6) is 0 Å². The van der Waals surface area contributed by atoms with Crippen LogP contribution in [0, 0.1) is 5.82 Å². The molecule has 0 radical (unpaired) electrons. The Morgan fingerprint density at radius 2 is 2.00 bits per heavy atom. The monoisotopic (exact) mass is 405 g/mol. The lowest BCUT2D eigenvalue weighted by molar-refractivity contribution is -0.119. The third-order valence-corrected chi connectivity index (χ3v) is 5.79. The number of benzene rings is 1. The Labute approximate surface area is 167 Å². The molecule has 0 spiro atoms. The van der Waals surface area contributed by atoms with E-state index in [2.05, 4.69) is 20.8 Å². The van der Waals surface area contributed by atoms with Crippen LogP contribution < -0.4 is 10.6 Å². The van der Waals surface area contributed by atoms with Crippen LogP contribution in [-0.4, -0.2) is 38.4 Å². The summed E-state index contributed by atoms with van der Waals surface area (Å²) in [6.45, 7) is 1.75. The van der Waals surface area contributed by atoms with Gasteiger partial charge in [-0.2, -0.15) is 0 Å². The highest BCUT2D eigenvalue weighted by atomic mass is 32.2. The number of thioether (sulfide) groups is 1. The molecule has 1 aliphatic carbocycles. The van der Waals surface area contributed by atoms with Gasteiger partial charge in [-0.25, -0.2) is 4.39 Å². The number of nitrogens with zero attached hydrogens (tertiary/aromatic N) is 3. The van der Waals surface area contributed by atoms with Crippen molar-refractivity contribution in [3.05, 3.63) is 41.5 Å². The van der Waals surface area contributed by atoms with Crippen molar-refractivity contribution in [2.75, 3.05) is 5.75 Å². The highest BCUT2D eigenvalue weighted by Crippen LogP contribution is 2.21. The Hall–Kier alpha value is -2.42. The summed E-state index contributed by atoms with van der Waals surface area (Å²) in [6.07, 6.45) is 4.43. The zero-order valence-corrected chi connectivity index (χ0v) is 16.8. The van der Waals surface area contributed by atoms with Crippen LogP contribution in [0.25, 0.3) is 0 Å². The molecule has 2 N–H and O–H groups in total. The number of hydrogen-bond donors (Lipinski definition) is 2. The van der Waals surface area contributed by atoms with Gasteiger partial charge >= 0.3 is 0 Å². The molecule has 0 unspecified atom stereocenters. The molecule has 3 rings (SSSR count). The summed E-state index contributed by atoms with van der Waals surface area (Å²) in [4.78, 5) is 24.4. The van der Waals surface area contributed by atoms with Crippen LogP contribution in [0.1, 0.15) is 54.8 Å². The summed E-state index contributed by atoms with van der Waals surface area (Å²) in [5.74, 6) is -0.308. The molecule has 28 heavy (non-hydrogen) atoms. The van der Waals surface area contributed by atoms with Gasteiger partial charge in [0, 0.05) is 13.1 Å². The van der Waals surface area contributed by atoms with Crippen LogP contribution >= 0.6 is 11.8 Å². The topological polar surface area (TPSA) is 88.9 Å². The second kappa shape index (κ2) is 9.18. The highest BCUT2D eigenvalue weighted by Gasteiger charge is 2.21. The fourth-order valence-electron chi connectivity index (χ4n) is 3.28. The molecule has 2 aromatic rings. The van der Waals surface area contributed by atoms with Gasteiger partial charge in [0.05, 0.1) is 17.4 Å². The van der Waals surface area contributed by atoms with E-state index >= 15 is 0 Å². The van der Waals surface area contributed by atoms with Crippen molar-refractivity contribution in [2.24, 2.45) is 7.05 Å². The van der Waals surface area contributed by atoms with Gasteiger partial charge in [-0.15, -0.1) is 10.2 Å². The molecule has 0 bridgehead atoms. The number of nitrogens with one attached hydrogen (secondary N) is 2. The lowest BCUT2D eigenvalue weighted by Gasteiger charge is -2.14. The molecule has 0 aliphatic heterocycles. The highest BCUT2D eigenvalue weighted by molar-refractivity contribution is 7.99. The molecular weight excluding hydrogens is 381 g/mol. The summed E-state index contributed by atoms with van der Waals surface area (Å²) < 4.78 is 15.5. The predicted molar refractivity (Wildman–Crippen MR) is 104 cm³/mol. The SMILES string of the molecule is C[C@@H](NC(=O)c1ccccc1F)c1nnc(SCC(=O)NC2CCCC2)n1C. The Bertz CT molecular complexity index is 851. The summed E-state index contributed by atoms with van der Waals surface area (Å²) in [5, 5.41) is 14.6. The first kappa shape index (κ1) is 20.3. The van der Waals surface area contributed by atoms with Gasteiger partial charge in [0.15, 0.2) is 11.0 Å². The molecule has 7 nitrogen and oxygen atoms in total. The van der Waals surface area contributed by atoms with Gasteiger partial charge < -0.3 is 15.2 Å². The fraction of sp³-hybridized carbons (Fsp3) is 0.474. The maximum absolute atomic E-state index is 13.8. The Morgan fingerprint density at radius 3 is 2.71 bits per heavy atom. The van der Waals surface area contributed by atoms with E-state index in [0.717, 1.165) is 12.8 Å². The molecule has 1 saturated carbocycles. The number of carbonyl (C=O) groups excluding carboxylic acids is 2. The van der Waals surface area contributed by atoms with Gasteiger partial charge in [-0.05, 0) is 31.9 Å². The smallest absolute Gasteiger partial charge is 0.254 e. The van der Waals surface area contributed by atoms with Crippen LogP contribution in [0.2, 0.25) is 0 Å². The minimum absolute atomic E-state index is 0.0117. The zero-order chi connectivity index (χ0) is 20.1. The van der Waals surface area contributed by atoms with Gasteiger partial charge in [-0.3, -0.25) is 9.59 Å². The first-order valence-electron chi connectivity index (χ1n) is 9.32. The second-order valence-electron chi connectivity index (χ2n) is 6.91. The van der Waals surface area contributed by atoms with Crippen molar-refractivity contribution in [3.8, 4) is 0 Å². The summed E-state index contributed by atoms with van der Waals surface area (Å²) in [6, 6.07) is 5.63. The number of halogens is 1. The first-order valence-corrected chi connectivity index (χ1v) is 10.3. The van der Waals surface area contributed by atoms with E-state index in [1.807, 2.05) is 0 Å². The zero-order valence-electron chi connectivity index (χ0n) is 15.9. The average Bonchev–Trinajstić information content (AvgIpc) is 3.30. The quantitative estimate of drug-likeness (QED) is 0.691. The molecular formula is C19H24FN5O2S. The minimum Gasteiger partial charge on any atom is -0.353 e. The molecule has 1 aromatic carbocycles. The maximum atomic E-state index is 13.8. The second-order valence-corrected chi connectivity index (χ2v) is 7.85. The largest absolute Gasteiger partial charge is 0.353 e. The number of aromatic nitrogens is 3. The molecule has 1 atom stereocenters. The summed E-state index contributed by atoms with van der Waals surface area (Å²) in [7, 11) is 1.78. The summed E-state index contributed by atoms with van der Waals surface area (Å²) >= 11 is 1.30. The van der Waals surface area contributed by atoms with Crippen molar-refractivity contribution >= 4 is 23.6 Å². The van der Waals surface area contributed by atoms with Crippen LogP contribution in [0.4, 0.5) is 4.39 Å². The van der Waals surface area contributed by atoms with E-state index in [1.54, 1.807) is 24.6 Å². The number of rotatable bonds is 7. The van der Waals surface area contributed by atoms with Gasteiger partial charge in [0.2, 0.25) is 5.91 Å². The van der Waals surface area contributed by atoms with Crippen molar-refractivity contribution < 1.29 is 14.0 Å². The van der Waals surface area contributed by atoms with Gasteiger partial charge in [0.1, 0.15) is 5.82 Å². The van der Waals surface area contributed by atoms with Gasteiger partial charge in [0.25, 0.3) is 5.91 Å². The summed E-state index contributed by atoms with van der Waals surface area (Å²) in [5.41, 5.74) is -0.0188. The lowest BCUT2D eigenvalue weighted by atomic mass is 10.2. The van der Waals surface area contributed by atoms with Crippen LogP contribution in [-0.2, 0) is 11.8 Å². The van der Waals surface area contributed by atoms with E-state index in [0.29, 0.717) is 11.0 Å². The Balaban J connectivity index is 1.56. The van der Waals surface area contributed by atoms with Crippen LogP contribution in [0.15, 0.2) is 29.4 Å². The van der Waals surface area contributed by atoms with E-state index in [1.165, 1.54) is 42.8 Å². The van der Waals surface area contributed by atoms with Gasteiger partial charge in [-0.1, -0.05) is 36.7 Å². The predicted octanol–water partition coefficient (Wildman–Crippen LogP) is 2.60. The third-order valence-electron chi connectivity index (χ3n) is 4.77. The molecule has 1 aliphatic rings. The third kappa shape index (κ3) is 4.89. The van der Waals surface area contributed by atoms with E-state index in [-0.39, 0.29) is 23.3 Å². The number of hydrogen-bond acceptors (Lipinski definition) is 5. The lowest BCUT2D eigenvalue weighted by Crippen LogP contribution is -2.33. The Morgan fingerprint density at radius 1 is 1.29 bits per heavy atom. The normalized spacial score (nSPS) is 15.4. The first-order chi connectivity index (χ1) is 13.5. The standard InChI is InChI=1S/C19H24FN5O2S/c1-12(21-18(27)14-9-5-6-10-15(14)20)17-23-24-19(25(17)2)28-11-16(26)22-13-7-3-4-8-13/h5-6,9-10,12-13H,3-4,7-8,11H2,1-2H3,(H,21,27)(H,22,26)/t12-/m1/s1. The van der Waals surface area contributed by atoms with E-state index in [4.69, 9.17) is 0 Å². The van der Waals surface area contributed by atoms with Crippen molar-refractivity contribution in [2.45, 2.75) is 49.8 Å². The minimum atomic E-state index is -0.574. The molecule has 2 amide bonds. The molecule has 150 valence electrons. The van der Waals surface area contributed by atoms with Crippen molar-refractivity contribution in [1.29, 1.82) is 0 Å². The number of amides is 2. The maximum Gasteiger partial charge on any atom is 0.254 e. The van der Waals surface area contributed by atoms with Crippen LogP contribution in [0.3, 0.4) is 0 Å². The molecule has 1 heterocycles. The van der Waals surface area contributed by atoms with Crippen molar-refractivity contribution in [1.82, 2.24) is 25.4 Å².